The molecule has 3 nitrogen and oxygen atoms in total. The predicted molar refractivity (Wildman–Crippen MR) is 77.8 cm³/mol. The van der Waals surface area contributed by atoms with Crippen molar-refractivity contribution >= 4 is 17.6 Å². The minimum atomic E-state index is 0.808. The first-order chi connectivity index (χ1) is 8.79. The van der Waals surface area contributed by atoms with E-state index in [1.54, 1.807) is 6.20 Å². The number of thioether (sulfide) groups is 1. The van der Waals surface area contributed by atoms with Crippen LogP contribution in [0.5, 0.6) is 0 Å². The summed E-state index contributed by atoms with van der Waals surface area (Å²) in [5.41, 5.74) is 3.76. The zero-order chi connectivity index (χ0) is 12.8. The molecule has 0 aliphatic carbocycles. The van der Waals surface area contributed by atoms with Crippen molar-refractivity contribution in [2.75, 3.05) is 12.4 Å². The van der Waals surface area contributed by atoms with E-state index in [2.05, 4.69) is 46.5 Å². The Morgan fingerprint density at radius 1 is 1.11 bits per heavy atom. The van der Waals surface area contributed by atoms with Crippen molar-refractivity contribution in [3.63, 3.8) is 0 Å². The monoisotopic (exact) mass is 259 g/mol. The number of nitrogens with zero attached hydrogens (tertiary/aromatic N) is 2. The van der Waals surface area contributed by atoms with E-state index in [9.17, 15) is 0 Å². The second-order valence-electron chi connectivity index (χ2n) is 4.06. The molecule has 0 atom stereocenters. The summed E-state index contributed by atoms with van der Waals surface area (Å²) in [5.74, 6) is 2.72. The lowest BCUT2D eigenvalue weighted by atomic mass is 10.1. The van der Waals surface area contributed by atoms with E-state index < -0.39 is 0 Å². The van der Waals surface area contributed by atoms with Crippen LogP contribution in [0.25, 0.3) is 0 Å². The van der Waals surface area contributed by atoms with Crippen molar-refractivity contribution in [3.05, 3.63) is 53.5 Å². The number of anilines is 1. The maximum Gasteiger partial charge on any atom is 0.144 e. The topological polar surface area (TPSA) is 37.8 Å². The molecule has 2 rings (SSSR count). The van der Waals surface area contributed by atoms with Gasteiger partial charge in [0.2, 0.25) is 0 Å². The molecule has 1 heterocycles. The SMILES string of the molecule is CNc1cnc(CSCc2ccccc2C)cn1. The molecule has 0 saturated carbocycles. The normalized spacial score (nSPS) is 10.3. The highest BCUT2D eigenvalue weighted by Crippen LogP contribution is 2.19. The number of aryl methyl sites for hydroxylation is 1. The molecular weight excluding hydrogens is 242 g/mol. The van der Waals surface area contributed by atoms with E-state index in [1.165, 1.54) is 11.1 Å². The summed E-state index contributed by atoms with van der Waals surface area (Å²) in [6.07, 6.45) is 3.60. The molecule has 1 aromatic carbocycles. The fourth-order valence-corrected chi connectivity index (χ4v) is 2.60. The number of benzene rings is 1. The van der Waals surface area contributed by atoms with Crippen molar-refractivity contribution in [1.29, 1.82) is 0 Å². The Labute approximate surface area is 112 Å². The molecule has 0 aliphatic rings. The summed E-state index contributed by atoms with van der Waals surface area (Å²) >= 11 is 1.86. The molecule has 0 fully saturated rings. The van der Waals surface area contributed by atoms with Crippen LogP contribution >= 0.6 is 11.8 Å². The maximum absolute atomic E-state index is 4.36. The first-order valence-electron chi connectivity index (χ1n) is 5.90. The van der Waals surface area contributed by atoms with E-state index in [0.717, 1.165) is 23.0 Å². The molecule has 2 aromatic rings. The van der Waals surface area contributed by atoms with Crippen LogP contribution in [0.1, 0.15) is 16.8 Å². The quantitative estimate of drug-likeness (QED) is 0.894. The Kier molecular flexibility index (Phi) is 4.59. The van der Waals surface area contributed by atoms with Crippen LogP contribution < -0.4 is 5.32 Å². The van der Waals surface area contributed by atoms with Crippen LogP contribution in [0.2, 0.25) is 0 Å². The maximum atomic E-state index is 4.36. The Balaban J connectivity index is 1.86. The molecular formula is C14H17N3S. The molecule has 1 N–H and O–H groups in total. The number of hydrogen-bond acceptors (Lipinski definition) is 4. The Morgan fingerprint density at radius 3 is 2.61 bits per heavy atom. The summed E-state index contributed by atoms with van der Waals surface area (Å²) in [6, 6.07) is 8.49. The van der Waals surface area contributed by atoms with Crippen LogP contribution in [-0.2, 0) is 11.5 Å². The van der Waals surface area contributed by atoms with Gasteiger partial charge in [-0.1, -0.05) is 24.3 Å². The van der Waals surface area contributed by atoms with Crippen molar-refractivity contribution in [2.24, 2.45) is 0 Å². The molecule has 0 saturated heterocycles. The second kappa shape index (κ2) is 6.40. The van der Waals surface area contributed by atoms with Gasteiger partial charge in [0.15, 0.2) is 0 Å². The van der Waals surface area contributed by atoms with Crippen molar-refractivity contribution in [2.45, 2.75) is 18.4 Å². The summed E-state index contributed by atoms with van der Waals surface area (Å²) in [7, 11) is 1.84. The third kappa shape index (κ3) is 3.47. The molecule has 4 heteroatoms. The first kappa shape index (κ1) is 12.9. The molecule has 0 aliphatic heterocycles. The zero-order valence-electron chi connectivity index (χ0n) is 10.7. The Morgan fingerprint density at radius 2 is 1.94 bits per heavy atom. The van der Waals surface area contributed by atoms with Gasteiger partial charge in [0.05, 0.1) is 18.1 Å². The molecule has 0 radical (unpaired) electrons. The van der Waals surface area contributed by atoms with Crippen LogP contribution in [0.15, 0.2) is 36.7 Å². The van der Waals surface area contributed by atoms with Gasteiger partial charge in [0.25, 0.3) is 0 Å². The molecule has 0 bridgehead atoms. The highest BCUT2D eigenvalue weighted by atomic mass is 32.2. The summed E-state index contributed by atoms with van der Waals surface area (Å²) < 4.78 is 0. The molecule has 0 spiro atoms. The van der Waals surface area contributed by atoms with Gasteiger partial charge in [-0.2, -0.15) is 11.8 Å². The first-order valence-corrected chi connectivity index (χ1v) is 7.06. The average Bonchev–Trinajstić information content (AvgIpc) is 2.42. The lowest BCUT2D eigenvalue weighted by Crippen LogP contribution is -1.95. The number of hydrogen-bond donors (Lipinski definition) is 1. The van der Waals surface area contributed by atoms with Crippen molar-refractivity contribution in [1.82, 2.24) is 9.97 Å². The number of nitrogens with one attached hydrogen (secondary N) is 1. The smallest absolute Gasteiger partial charge is 0.144 e. The van der Waals surface area contributed by atoms with Gasteiger partial charge < -0.3 is 5.32 Å². The van der Waals surface area contributed by atoms with E-state index in [4.69, 9.17) is 0 Å². The molecule has 0 unspecified atom stereocenters. The van der Waals surface area contributed by atoms with E-state index >= 15 is 0 Å². The van der Waals surface area contributed by atoms with Crippen molar-refractivity contribution < 1.29 is 0 Å². The molecule has 18 heavy (non-hydrogen) atoms. The minimum Gasteiger partial charge on any atom is -0.372 e. The summed E-state index contributed by atoms with van der Waals surface area (Å²) in [5, 5.41) is 2.96. The van der Waals surface area contributed by atoms with Crippen LogP contribution in [0, 0.1) is 6.92 Å². The number of aromatic nitrogens is 2. The molecule has 0 amide bonds. The lowest BCUT2D eigenvalue weighted by molar-refractivity contribution is 1.09. The minimum absolute atomic E-state index is 0.808. The highest BCUT2D eigenvalue weighted by molar-refractivity contribution is 7.97. The Bertz CT molecular complexity index is 497. The Hall–Kier alpha value is -1.55. The van der Waals surface area contributed by atoms with Gasteiger partial charge in [0, 0.05) is 18.6 Å². The van der Waals surface area contributed by atoms with Gasteiger partial charge in [-0.3, -0.25) is 4.98 Å². The zero-order valence-corrected chi connectivity index (χ0v) is 11.5. The fourth-order valence-electron chi connectivity index (χ4n) is 1.60. The van der Waals surface area contributed by atoms with Gasteiger partial charge in [0.1, 0.15) is 5.82 Å². The van der Waals surface area contributed by atoms with E-state index in [-0.39, 0.29) is 0 Å². The highest BCUT2D eigenvalue weighted by Gasteiger charge is 2.00. The van der Waals surface area contributed by atoms with Gasteiger partial charge in [-0.15, -0.1) is 0 Å². The summed E-state index contributed by atoms with van der Waals surface area (Å²) in [4.78, 5) is 8.61. The van der Waals surface area contributed by atoms with Gasteiger partial charge in [-0.25, -0.2) is 4.98 Å². The van der Waals surface area contributed by atoms with E-state index in [1.807, 2.05) is 25.0 Å². The molecule has 94 valence electrons. The van der Waals surface area contributed by atoms with Crippen LogP contribution in [0.4, 0.5) is 5.82 Å². The third-order valence-electron chi connectivity index (χ3n) is 2.73. The van der Waals surface area contributed by atoms with Crippen molar-refractivity contribution in [3.8, 4) is 0 Å². The average molecular weight is 259 g/mol. The van der Waals surface area contributed by atoms with Gasteiger partial charge >= 0.3 is 0 Å². The lowest BCUT2D eigenvalue weighted by Gasteiger charge is -2.05. The van der Waals surface area contributed by atoms with E-state index in [0.29, 0.717) is 0 Å². The number of rotatable bonds is 5. The predicted octanol–water partition coefficient (Wildman–Crippen LogP) is 3.26. The van der Waals surface area contributed by atoms with Gasteiger partial charge in [-0.05, 0) is 18.1 Å². The van der Waals surface area contributed by atoms with Crippen LogP contribution in [0.3, 0.4) is 0 Å². The summed E-state index contributed by atoms with van der Waals surface area (Å²) in [6.45, 7) is 2.15. The van der Waals surface area contributed by atoms with Crippen LogP contribution in [-0.4, -0.2) is 17.0 Å². The second-order valence-corrected chi connectivity index (χ2v) is 5.05. The standard InChI is InChI=1S/C14H17N3S/c1-11-5-3-4-6-12(11)9-18-10-13-7-17-14(15-2)8-16-13/h3-8H,9-10H2,1-2H3,(H,15,17). The largest absolute Gasteiger partial charge is 0.372 e. The fraction of sp³-hybridized carbons (Fsp3) is 0.286. The molecule has 1 aromatic heterocycles. The third-order valence-corrected chi connectivity index (χ3v) is 3.75.